The van der Waals surface area contributed by atoms with Crippen LogP contribution < -0.4 is 36.6 Å². The van der Waals surface area contributed by atoms with E-state index in [9.17, 15) is 28.8 Å². The second-order valence-corrected chi connectivity index (χ2v) is 19.9. The van der Waals surface area contributed by atoms with Crippen LogP contribution in [0.15, 0.2) is 36.4 Å². The summed E-state index contributed by atoms with van der Waals surface area (Å²) in [5, 5.41) is 18.6. The van der Waals surface area contributed by atoms with Crippen molar-refractivity contribution < 1.29 is 43.0 Å². The molecule has 8 rings (SSSR count). The van der Waals surface area contributed by atoms with E-state index in [-0.39, 0.29) is 59.4 Å². The van der Waals surface area contributed by atoms with Crippen LogP contribution in [0, 0.1) is 11.8 Å². The molecule has 0 spiro atoms. The molecule has 0 aromatic heterocycles. The van der Waals surface area contributed by atoms with Crippen molar-refractivity contribution >= 4 is 35.4 Å². The minimum absolute atomic E-state index is 0.0807. The Kier molecular flexibility index (Phi) is 16.9. The fourth-order valence-electron chi connectivity index (χ4n) is 11.4. The lowest BCUT2D eigenvalue weighted by molar-refractivity contribution is -0.144. The first kappa shape index (κ1) is 50.3. The van der Waals surface area contributed by atoms with Crippen molar-refractivity contribution in [2.45, 2.75) is 152 Å². The Morgan fingerprint density at radius 2 is 0.971 bits per heavy atom. The van der Waals surface area contributed by atoms with E-state index >= 15 is 0 Å². The molecule has 4 saturated heterocycles. The number of amides is 6. The minimum atomic E-state index is -0.737. The molecule has 0 bridgehead atoms. The SMILES string of the molecule is CN[C@@H](C)C(=O)NC(C(=O)N1CCC[C@H]1C(=O)N[C@@H]1CCCc2c(Oc3cccc4c3CCC[C@H]4NC(=O)[C@@H]3CCCN3C(=O)[C@@H](NC(=O)[C@H](C)NC)C3CCOCC3)cccc21)C1CCOCC1. The van der Waals surface area contributed by atoms with Gasteiger partial charge in [-0.15, -0.1) is 0 Å². The van der Waals surface area contributed by atoms with Crippen LogP contribution in [0.1, 0.15) is 125 Å². The van der Waals surface area contributed by atoms with Crippen LogP contribution in [0.3, 0.4) is 0 Å². The highest BCUT2D eigenvalue weighted by atomic mass is 16.5. The summed E-state index contributed by atoms with van der Waals surface area (Å²) in [5.74, 6) is -0.00555. The molecule has 0 radical (unpaired) electrons. The van der Waals surface area contributed by atoms with E-state index in [0.29, 0.717) is 90.9 Å². The normalized spacial score (nSPS) is 24.8. The Morgan fingerprint density at radius 1 is 0.565 bits per heavy atom. The Hall–Kier alpha value is -5.10. The molecule has 8 atom stereocenters. The van der Waals surface area contributed by atoms with E-state index in [1.807, 2.05) is 24.3 Å². The summed E-state index contributed by atoms with van der Waals surface area (Å²) in [7, 11) is 3.42. The average molecular weight is 955 g/mol. The van der Waals surface area contributed by atoms with Crippen LogP contribution in [-0.4, -0.2) is 135 Å². The van der Waals surface area contributed by atoms with E-state index in [2.05, 4.69) is 44.0 Å². The van der Waals surface area contributed by atoms with Crippen molar-refractivity contribution in [3.63, 3.8) is 0 Å². The largest absolute Gasteiger partial charge is 0.457 e. The van der Waals surface area contributed by atoms with Gasteiger partial charge in [0.25, 0.3) is 0 Å². The quantitative estimate of drug-likeness (QED) is 0.144. The summed E-state index contributed by atoms with van der Waals surface area (Å²) in [5.41, 5.74) is 4.07. The molecule has 2 aromatic rings. The Labute approximate surface area is 406 Å². The Bertz CT molecular complexity index is 2030. The smallest absolute Gasteiger partial charge is 0.246 e. The third-order valence-corrected chi connectivity index (χ3v) is 15.7. The zero-order valence-corrected chi connectivity index (χ0v) is 40.9. The molecule has 6 aliphatic rings. The fourth-order valence-corrected chi connectivity index (χ4v) is 11.4. The lowest BCUT2D eigenvalue weighted by Crippen LogP contribution is -2.58. The fraction of sp³-hybridized carbons (Fsp3) is 0.654. The summed E-state index contributed by atoms with van der Waals surface area (Å²) in [6.45, 7) is 6.52. The van der Waals surface area contributed by atoms with Crippen LogP contribution in [0.25, 0.3) is 0 Å². The maximum atomic E-state index is 14.3. The first-order valence-electron chi connectivity index (χ1n) is 25.7. The third-order valence-electron chi connectivity index (χ3n) is 15.7. The minimum Gasteiger partial charge on any atom is -0.457 e. The predicted molar refractivity (Wildman–Crippen MR) is 258 cm³/mol. The van der Waals surface area contributed by atoms with Gasteiger partial charge in [-0.05, 0) is 153 Å². The number of ether oxygens (including phenoxy) is 3. The molecule has 1 unspecified atom stereocenters. The summed E-state index contributed by atoms with van der Waals surface area (Å²) in [6.07, 6.45) is 9.85. The van der Waals surface area contributed by atoms with E-state index < -0.39 is 36.3 Å². The van der Waals surface area contributed by atoms with Crippen molar-refractivity contribution in [3.05, 3.63) is 58.7 Å². The molecule has 6 amide bonds. The zero-order valence-electron chi connectivity index (χ0n) is 40.9. The number of likely N-dealkylation sites (N-methyl/N-ethyl adjacent to an activating group) is 2. The standard InChI is InChI=1S/C52H74N8O9/c1-31(53-3)47(61)57-45(33-21-27-67-28-22-33)51(65)59-25-9-17-41(59)49(63)55-39-15-5-13-37-35(39)11-7-19-43(37)69-44-20-8-12-36-38(44)14-6-16-40(36)56-50(64)42-18-10-26-60(42)52(66)46(34-23-29-68-30-24-34)58-48(62)32(2)54-4/h7-8,11-12,19-20,31-34,39-42,45-46,53-54H,5-6,9-10,13-18,21-30H2,1-4H3,(H,55,63)(H,56,64)(H,57,61)(H,58,62)/t31-,32-,39+,40+,41-,42-,45-,46?/m0/s1. The van der Waals surface area contributed by atoms with Crippen LogP contribution in [0.5, 0.6) is 11.5 Å². The van der Waals surface area contributed by atoms with Crippen LogP contribution >= 0.6 is 0 Å². The van der Waals surface area contributed by atoms with E-state index in [1.54, 1.807) is 37.7 Å². The van der Waals surface area contributed by atoms with Crippen molar-refractivity contribution in [2.24, 2.45) is 11.8 Å². The van der Waals surface area contributed by atoms with Crippen molar-refractivity contribution in [1.82, 2.24) is 41.7 Å². The van der Waals surface area contributed by atoms with Gasteiger partial charge in [0.05, 0.1) is 24.2 Å². The molecule has 17 nitrogen and oxygen atoms in total. The molecule has 0 saturated carbocycles. The molecule has 69 heavy (non-hydrogen) atoms. The number of likely N-dealkylation sites (tertiary alicyclic amines) is 2. The number of carbonyl (C=O) groups is 6. The molecular formula is C52H74N8O9. The molecule has 4 heterocycles. The number of fused-ring (bicyclic) bond motifs is 2. The molecule has 2 aromatic carbocycles. The van der Waals surface area contributed by atoms with Crippen molar-refractivity contribution in [3.8, 4) is 11.5 Å². The molecular weight excluding hydrogens is 881 g/mol. The van der Waals surface area contributed by atoms with E-state index in [4.69, 9.17) is 14.2 Å². The predicted octanol–water partition coefficient (Wildman–Crippen LogP) is 3.49. The molecule has 4 aliphatic heterocycles. The lowest BCUT2D eigenvalue weighted by atomic mass is 9.86. The second-order valence-electron chi connectivity index (χ2n) is 19.9. The number of rotatable bonds is 16. The summed E-state index contributed by atoms with van der Waals surface area (Å²) >= 11 is 0. The summed E-state index contributed by atoms with van der Waals surface area (Å²) in [6, 6.07) is 7.74. The van der Waals surface area contributed by atoms with Gasteiger partial charge in [-0.3, -0.25) is 28.8 Å². The average Bonchev–Trinajstić information content (AvgIpc) is 4.09. The topological polar surface area (TPSA) is 209 Å². The van der Waals surface area contributed by atoms with E-state index in [1.165, 1.54) is 0 Å². The van der Waals surface area contributed by atoms with Gasteiger partial charge in [-0.25, -0.2) is 0 Å². The van der Waals surface area contributed by atoms with Gasteiger partial charge in [-0.2, -0.15) is 0 Å². The Balaban J connectivity index is 0.939. The van der Waals surface area contributed by atoms with Crippen molar-refractivity contribution in [1.29, 1.82) is 0 Å². The highest BCUT2D eigenvalue weighted by Crippen LogP contribution is 2.42. The maximum absolute atomic E-state index is 14.3. The van der Waals surface area contributed by atoms with Crippen LogP contribution in [-0.2, 0) is 51.1 Å². The van der Waals surface area contributed by atoms with Gasteiger partial charge >= 0.3 is 0 Å². The van der Waals surface area contributed by atoms with Gasteiger partial charge in [-0.1, -0.05) is 24.3 Å². The second kappa shape index (κ2) is 23.2. The first-order chi connectivity index (χ1) is 33.5. The van der Waals surface area contributed by atoms with Gasteiger partial charge in [0, 0.05) is 50.6 Å². The van der Waals surface area contributed by atoms with Gasteiger partial charge in [0.2, 0.25) is 35.4 Å². The number of hydrogen-bond acceptors (Lipinski definition) is 11. The zero-order chi connectivity index (χ0) is 48.6. The number of nitrogens with zero attached hydrogens (tertiary/aromatic N) is 2. The molecule has 376 valence electrons. The molecule has 4 fully saturated rings. The first-order valence-corrected chi connectivity index (χ1v) is 25.7. The monoisotopic (exact) mass is 955 g/mol. The van der Waals surface area contributed by atoms with Crippen LogP contribution in [0.2, 0.25) is 0 Å². The third kappa shape index (κ3) is 11.4. The number of benzene rings is 2. The summed E-state index contributed by atoms with van der Waals surface area (Å²) < 4.78 is 18.0. The van der Waals surface area contributed by atoms with Crippen molar-refractivity contribution in [2.75, 3.05) is 53.6 Å². The lowest BCUT2D eigenvalue weighted by Gasteiger charge is -2.36. The highest BCUT2D eigenvalue weighted by Gasteiger charge is 2.44. The van der Waals surface area contributed by atoms with Gasteiger partial charge < -0.3 is 55.9 Å². The number of hydrogen-bond donors (Lipinski definition) is 6. The van der Waals surface area contributed by atoms with Gasteiger partial charge in [0.15, 0.2) is 0 Å². The Morgan fingerprint density at radius 3 is 1.36 bits per heavy atom. The number of nitrogens with one attached hydrogen (secondary N) is 6. The summed E-state index contributed by atoms with van der Waals surface area (Å²) in [4.78, 5) is 86.6. The van der Waals surface area contributed by atoms with E-state index in [0.717, 1.165) is 72.3 Å². The number of carbonyl (C=O) groups excluding carboxylic acids is 6. The molecule has 17 heteroatoms. The van der Waals surface area contributed by atoms with Gasteiger partial charge in [0.1, 0.15) is 35.7 Å². The molecule has 6 N–H and O–H groups in total. The highest BCUT2D eigenvalue weighted by molar-refractivity contribution is 5.95. The molecule has 2 aliphatic carbocycles. The maximum Gasteiger partial charge on any atom is 0.246 e. The van der Waals surface area contributed by atoms with Crippen LogP contribution in [0.4, 0.5) is 0 Å².